The lowest BCUT2D eigenvalue weighted by molar-refractivity contribution is -0.120. The summed E-state index contributed by atoms with van der Waals surface area (Å²) in [6.45, 7) is 6.93. The van der Waals surface area contributed by atoms with Crippen LogP contribution in [0.25, 0.3) is 10.6 Å². The largest absolute Gasteiger partial charge is 0.493 e. The van der Waals surface area contributed by atoms with Crippen LogP contribution in [-0.4, -0.2) is 31.7 Å². The van der Waals surface area contributed by atoms with E-state index >= 15 is 0 Å². The summed E-state index contributed by atoms with van der Waals surface area (Å²) in [6, 6.07) is 14.1. The number of benzene rings is 2. The molecule has 0 radical (unpaired) electrons. The van der Waals surface area contributed by atoms with Crippen molar-refractivity contribution in [1.29, 1.82) is 0 Å². The molecule has 158 valence electrons. The first-order valence-electron chi connectivity index (χ1n) is 9.83. The molecule has 0 bridgehead atoms. The van der Waals surface area contributed by atoms with Crippen molar-refractivity contribution in [2.75, 3.05) is 20.8 Å². The van der Waals surface area contributed by atoms with Crippen molar-refractivity contribution in [1.82, 2.24) is 10.3 Å². The molecule has 2 aromatic carbocycles. The molecule has 5 nitrogen and oxygen atoms in total. The number of aromatic nitrogens is 1. The van der Waals surface area contributed by atoms with Crippen LogP contribution in [0.4, 0.5) is 0 Å². The van der Waals surface area contributed by atoms with Gasteiger partial charge in [-0.15, -0.1) is 11.3 Å². The molecule has 1 aromatic heterocycles. The third-order valence-electron chi connectivity index (χ3n) is 5.05. The van der Waals surface area contributed by atoms with Gasteiger partial charge in [0.05, 0.1) is 26.3 Å². The first-order valence-corrected chi connectivity index (χ1v) is 10.7. The van der Waals surface area contributed by atoms with E-state index in [1.807, 2.05) is 23.6 Å². The van der Waals surface area contributed by atoms with Crippen molar-refractivity contribution in [3.05, 3.63) is 64.7 Å². The van der Waals surface area contributed by atoms with Crippen LogP contribution < -0.4 is 14.8 Å². The molecule has 1 N–H and O–H groups in total. The standard InChI is InChI=1S/C24H28N2O3S/c1-16-7-6-8-18(11-16)24(2,3)15-25-22(27)13-19-14-30-23(26-19)17-9-10-20(28-4)21(12-17)29-5/h6-12,14H,13,15H2,1-5H3,(H,25,27). The number of methoxy groups -OCH3 is 2. The zero-order valence-electron chi connectivity index (χ0n) is 18.1. The molecule has 1 amide bonds. The summed E-state index contributed by atoms with van der Waals surface area (Å²) in [6.07, 6.45) is 0.258. The molecule has 0 aliphatic rings. The average molecular weight is 425 g/mol. The first-order chi connectivity index (χ1) is 14.3. The van der Waals surface area contributed by atoms with E-state index in [2.05, 4.69) is 55.3 Å². The number of ether oxygens (including phenoxy) is 2. The smallest absolute Gasteiger partial charge is 0.226 e. The van der Waals surface area contributed by atoms with Gasteiger partial charge >= 0.3 is 0 Å². The van der Waals surface area contributed by atoms with Gasteiger partial charge in [-0.2, -0.15) is 0 Å². The van der Waals surface area contributed by atoms with E-state index in [0.29, 0.717) is 18.0 Å². The molecule has 0 unspecified atom stereocenters. The number of carbonyl (C=O) groups is 1. The monoisotopic (exact) mass is 424 g/mol. The van der Waals surface area contributed by atoms with Gasteiger partial charge in [-0.05, 0) is 30.7 Å². The molecule has 0 aliphatic carbocycles. The lowest BCUT2D eigenvalue weighted by Gasteiger charge is -2.26. The summed E-state index contributed by atoms with van der Waals surface area (Å²) in [5.74, 6) is 1.30. The minimum atomic E-state index is -0.144. The van der Waals surface area contributed by atoms with Crippen LogP contribution in [-0.2, 0) is 16.6 Å². The van der Waals surface area contributed by atoms with Gasteiger partial charge in [-0.25, -0.2) is 4.98 Å². The SMILES string of the molecule is COc1ccc(-c2nc(CC(=O)NCC(C)(C)c3cccc(C)c3)cs2)cc1OC. The van der Waals surface area contributed by atoms with Crippen molar-refractivity contribution >= 4 is 17.2 Å². The first kappa shape index (κ1) is 21.8. The highest BCUT2D eigenvalue weighted by molar-refractivity contribution is 7.13. The molecule has 30 heavy (non-hydrogen) atoms. The molecular weight excluding hydrogens is 396 g/mol. The second kappa shape index (κ2) is 9.30. The molecule has 0 saturated carbocycles. The van der Waals surface area contributed by atoms with E-state index < -0.39 is 0 Å². The van der Waals surface area contributed by atoms with Crippen LogP contribution in [0.15, 0.2) is 47.8 Å². The summed E-state index contributed by atoms with van der Waals surface area (Å²) >= 11 is 1.51. The Morgan fingerprint density at radius 3 is 2.57 bits per heavy atom. The van der Waals surface area contributed by atoms with Gasteiger partial charge in [0, 0.05) is 22.9 Å². The predicted octanol–water partition coefficient (Wildman–Crippen LogP) is 4.77. The van der Waals surface area contributed by atoms with Gasteiger partial charge < -0.3 is 14.8 Å². The number of hydrogen-bond acceptors (Lipinski definition) is 5. The number of carbonyl (C=O) groups excluding carboxylic acids is 1. The van der Waals surface area contributed by atoms with Crippen LogP contribution >= 0.6 is 11.3 Å². The van der Waals surface area contributed by atoms with Crippen LogP contribution in [0.2, 0.25) is 0 Å². The quantitative estimate of drug-likeness (QED) is 0.566. The zero-order chi connectivity index (χ0) is 21.7. The number of nitrogens with zero attached hydrogens (tertiary/aromatic N) is 1. The Labute approximate surface area is 182 Å². The van der Waals surface area contributed by atoms with Crippen molar-refractivity contribution in [2.24, 2.45) is 0 Å². The van der Waals surface area contributed by atoms with Crippen molar-refractivity contribution in [2.45, 2.75) is 32.6 Å². The number of hydrogen-bond donors (Lipinski definition) is 1. The minimum Gasteiger partial charge on any atom is -0.493 e. The van der Waals surface area contributed by atoms with E-state index in [4.69, 9.17) is 9.47 Å². The highest BCUT2D eigenvalue weighted by Crippen LogP contribution is 2.33. The van der Waals surface area contributed by atoms with Gasteiger partial charge in [0.25, 0.3) is 0 Å². The second-order valence-corrected chi connectivity index (χ2v) is 8.78. The van der Waals surface area contributed by atoms with Crippen LogP contribution in [0, 0.1) is 6.92 Å². The fourth-order valence-electron chi connectivity index (χ4n) is 3.20. The summed E-state index contributed by atoms with van der Waals surface area (Å²) in [7, 11) is 3.22. The lowest BCUT2D eigenvalue weighted by atomic mass is 9.84. The molecular formula is C24H28N2O3S. The fraction of sp³-hybridized carbons (Fsp3) is 0.333. The van der Waals surface area contributed by atoms with Gasteiger partial charge in [-0.1, -0.05) is 43.7 Å². The highest BCUT2D eigenvalue weighted by atomic mass is 32.1. The second-order valence-electron chi connectivity index (χ2n) is 7.92. The van der Waals surface area contributed by atoms with E-state index in [0.717, 1.165) is 16.3 Å². The van der Waals surface area contributed by atoms with E-state index in [-0.39, 0.29) is 17.7 Å². The number of amides is 1. The lowest BCUT2D eigenvalue weighted by Crippen LogP contribution is -2.37. The minimum absolute atomic E-state index is 0.0279. The summed E-state index contributed by atoms with van der Waals surface area (Å²) in [5, 5.41) is 5.83. The Kier molecular flexibility index (Phi) is 6.77. The maximum atomic E-state index is 12.5. The molecule has 3 rings (SSSR count). The van der Waals surface area contributed by atoms with Crippen LogP contribution in [0.5, 0.6) is 11.5 Å². The zero-order valence-corrected chi connectivity index (χ0v) is 18.9. The number of nitrogens with one attached hydrogen (secondary N) is 1. The third-order valence-corrected chi connectivity index (χ3v) is 5.99. The van der Waals surface area contributed by atoms with Crippen LogP contribution in [0.1, 0.15) is 30.7 Å². The highest BCUT2D eigenvalue weighted by Gasteiger charge is 2.22. The number of thiazole rings is 1. The molecule has 0 saturated heterocycles. The Morgan fingerprint density at radius 1 is 1.10 bits per heavy atom. The molecule has 3 aromatic rings. The predicted molar refractivity (Wildman–Crippen MR) is 122 cm³/mol. The number of rotatable bonds is 8. The van der Waals surface area contributed by atoms with E-state index in [1.165, 1.54) is 22.5 Å². The Morgan fingerprint density at radius 2 is 1.87 bits per heavy atom. The summed E-state index contributed by atoms with van der Waals surface area (Å²) in [4.78, 5) is 17.1. The normalized spacial score (nSPS) is 11.2. The Bertz CT molecular complexity index is 1030. The summed E-state index contributed by atoms with van der Waals surface area (Å²) in [5.41, 5.74) is 3.99. The molecule has 0 aliphatic heterocycles. The Hall–Kier alpha value is -2.86. The van der Waals surface area contributed by atoms with E-state index in [1.54, 1.807) is 14.2 Å². The van der Waals surface area contributed by atoms with Crippen LogP contribution in [0.3, 0.4) is 0 Å². The van der Waals surface area contributed by atoms with Gasteiger partial charge in [0.15, 0.2) is 11.5 Å². The average Bonchev–Trinajstić information content (AvgIpc) is 3.20. The van der Waals surface area contributed by atoms with Crippen molar-refractivity contribution in [3.8, 4) is 22.1 Å². The molecule has 0 spiro atoms. The maximum absolute atomic E-state index is 12.5. The molecule has 1 heterocycles. The molecule has 0 atom stereocenters. The molecule has 6 heteroatoms. The number of aryl methyl sites for hydroxylation is 1. The third kappa shape index (κ3) is 5.19. The van der Waals surface area contributed by atoms with Gasteiger partial charge in [0.2, 0.25) is 5.91 Å². The van der Waals surface area contributed by atoms with Crippen molar-refractivity contribution in [3.63, 3.8) is 0 Å². The fourth-order valence-corrected chi connectivity index (χ4v) is 4.02. The maximum Gasteiger partial charge on any atom is 0.226 e. The Balaban J connectivity index is 1.62. The van der Waals surface area contributed by atoms with Gasteiger partial charge in [-0.3, -0.25) is 4.79 Å². The van der Waals surface area contributed by atoms with Gasteiger partial charge in [0.1, 0.15) is 5.01 Å². The van der Waals surface area contributed by atoms with E-state index in [9.17, 15) is 4.79 Å². The topological polar surface area (TPSA) is 60.5 Å². The van der Waals surface area contributed by atoms with Crippen molar-refractivity contribution < 1.29 is 14.3 Å². The summed E-state index contributed by atoms with van der Waals surface area (Å²) < 4.78 is 10.6. The molecule has 0 fully saturated rings.